The Morgan fingerprint density at radius 3 is 2.76 bits per heavy atom. The fraction of sp³-hybridized carbons (Fsp3) is 0.400. The molecule has 2 atom stereocenters. The molecule has 0 radical (unpaired) electrons. The molecule has 1 aliphatic heterocycles. The Morgan fingerprint density at radius 1 is 1.16 bits per heavy atom. The van der Waals surface area contributed by atoms with Gasteiger partial charge in [-0.3, -0.25) is 0 Å². The second-order valence-electron chi connectivity index (χ2n) is 6.36. The van der Waals surface area contributed by atoms with Crippen LogP contribution in [-0.4, -0.2) is 19.3 Å². The Balaban J connectivity index is 1.71. The topological polar surface area (TPSA) is 30.5 Å². The summed E-state index contributed by atoms with van der Waals surface area (Å²) in [7, 11) is 0. The molecule has 1 fully saturated rings. The van der Waals surface area contributed by atoms with Gasteiger partial charge >= 0.3 is 0 Å². The number of ether oxygens (including phenoxy) is 2. The molecule has 0 spiro atoms. The lowest BCUT2D eigenvalue weighted by Crippen LogP contribution is -2.33. The van der Waals surface area contributed by atoms with Crippen LogP contribution in [0, 0.1) is 11.6 Å². The van der Waals surface area contributed by atoms with Crippen LogP contribution in [0.3, 0.4) is 0 Å². The fourth-order valence-corrected chi connectivity index (χ4v) is 2.99. The molecule has 0 aliphatic carbocycles. The van der Waals surface area contributed by atoms with Gasteiger partial charge < -0.3 is 14.8 Å². The van der Waals surface area contributed by atoms with Gasteiger partial charge in [-0.15, -0.1) is 0 Å². The highest BCUT2D eigenvalue weighted by atomic mass is 19.1. The van der Waals surface area contributed by atoms with Crippen molar-refractivity contribution >= 4 is 0 Å². The summed E-state index contributed by atoms with van der Waals surface area (Å²) in [6.45, 7) is 3.46. The highest BCUT2D eigenvalue weighted by molar-refractivity contribution is 5.40. The van der Waals surface area contributed by atoms with Crippen LogP contribution in [0.4, 0.5) is 8.78 Å². The molecule has 1 N–H and O–H groups in total. The Kier molecular flexibility index (Phi) is 6.00. The van der Waals surface area contributed by atoms with Crippen molar-refractivity contribution in [1.82, 2.24) is 5.32 Å². The molecule has 0 amide bonds. The van der Waals surface area contributed by atoms with Gasteiger partial charge in [-0.05, 0) is 56.5 Å². The molecule has 2 unspecified atom stereocenters. The monoisotopic (exact) mass is 347 g/mol. The van der Waals surface area contributed by atoms with E-state index in [4.69, 9.17) is 9.47 Å². The van der Waals surface area contributed by atoms with Gasteiger partial charge in [0.2, 0.25) is 0 Å². The van der Waals surface area contributed by atoms with E-state index < -0.39 is 0 Å². The van der Waals surface area contributed by atoms with Crippen molar-refractivity contribution in [3.8, 4) is 11.5 Å². The maximum atomic E-state index is 13.7. The number of hydrogen-bond acceptors (Lipinski definition) is 3. The molecule has 1 heterocycles. The SMILES string of the molecule is CC(NCC1CCCCO1)c1cc(F)ccc1Oc1cccc(F)c1. The van der Waals surface area contributed by atoms with Crippen LogP contribution in [0.2, 0.25) is 0 Å². The van der Waals surface area contributed by atoms with Gasteiger partial charge in [0.05, 0.1) is 6.10 Å². The molecular weight excluding hydrogens is 324 g/mol. The fourth-order valence-electron chi connectivity index (χ4n) is 2.99. The van der Waals surface area contributed by atoms with Crippen molar-refractivity contribution in [1.29, 1.82) is 0 Å². The van der Waals surface area contributed by atoms with E-state index in [1.165, 1.54) is 30.7 Å². The lowest BCUT2D eigenvalue weighted by atomic mass is 10.1. The van der Waals surface area contributed by atoms with Gasteiger partial charge in [0.1, 0.15) is 23.1 Å². The molecule has 0 aromatic heterocycles. The van der Waals surface area contributed by atoms with Gasteiger partial charge in [0.25, 0.3) is 0 Å². The first-order chi connectivity index (χ1) is 12.1. The molecule has 1 aliphatic rings. The highest BCUT2D eigenvalue weighted by Gasteiger charge is 2.18. The zero-order valence-corrected chi connectivity index (χ0v) is 14.3. The standard InChI is InChI=1S/C20H23F2NO2/c1-14(23-13-18-6-2-3-10-24-18)19-12-16(22)8-9-20(19)25-17-7-4-5-15(21)11-17/h4-5,7-9,11-12,14,18,23H,2-3,6,10,13H2,1H3. The van der Waals surface area contributed by atoms with Crippen LogP contribution in [0.5, 0.6) is 11.5 Å². The van der Waals surface area contributed by atoms with Crippen molar-refractivity contribution in [2.24, 2.45) is 0 Å². The average Bonchev–Trinajstić information content (AvgIpc) is 2.62. The summed E-state index contributed by atoms with van der Waals surface area (Å²) < 4.78 is 38.6. The zero-order valence-electron chi connectivity index (χ0n) is 14.3. The molecule has 2 aromatic carbocycles. The molecule has 3 nitrogen and oxygen atoms in total. The smallest absolute Gasteiger partial charge is 0.132 e. The van der Waals surface area contributed by atoms with Crippen LogP contribution in [0.1, 0.15) is 37.8 Å². The van der Waals surface area contributed by atoms with Crippen molar-refractivity contribution in [2.45, 2.75) is 38.3 Å². The summed E-state index contributed by atoms with van der Waals surface area (Å²) in [5, 5.41) is 3.39. The minimum atomic E-state index is -0.373. The Labute approximate surface area is 147 Å². The molecule has 134 valence electrons. The maximum absolute atomic E-state index is 13.7. The Bertz CT molecular complexity index is 702. The van der Waals surface area contributed by atoms with E-state index in [1.807, 2.05) is 6.92 Å². The number of rotatable bonds is 6. The Morgan fingerprint density at radius 2 is 2.00 bits per heavy atom. The quantitative estimate of drug-likeness (QED) is 0.800. The van der Waals surface area contributed by atoms with Gasteiger partial charge in [0, 0.05) is 30.8 Å². The molecule has 2 aromatic rings. The van der Waals surface area contributed by atoms with Gasteiger partial charge in [-0.1, -0.05) is 6.07 Å². The largest absolute Gasteiger partial charge is 0.457 e. The van der Waals surface area contributed by atoms with E-state index in [1.54, 1.807) is 18.2 Å². The van der Waals surface area contributed by atoms with Crippen LogP contribution < -0.4 is 10.1 Å². The molecule has 0 saturated carbocycles. The van der Waals surface area contributed by atoms with E-state index in [0.717, 1.165) is 19.4 Å². The van der Waals surface area contributed by atoms with E-state index in [0.29, 0.717) is 23.6 Å². The van der Waals surface area contributed by atoms with Crippen molar-refractivity contribution in [2.75, 3.05) is 13.2 Å². The second-order valence-corrected chi connectivity index (χ2v) is 6.36. The molecule has 1 saturated heterocycles. The normalized spacial score (nSPS) is 18.8. The Hall–Kier alpha value is -1.98. The maximum Gasteiger partial charge on any atom is 0.132 e. The van der Waals surface area contributed by atoms with Gasteiger partial charge in [-0.2, -0.15) is 0 Å². The highest BCUT2D eigenvalue weighted by Crippen LogP contribution is 2.31. The minimum absolute atomic E-state index is 0.121. The number of halogens is 2. The molecule has 0 bridgehead atoms. The third-order valence-corrected chi connectivity index (χ3v) is 4.39. The second kappa shape index (κ2) is 8.41. The summed E-state index contributed by atoms with van der Waals surface area (Å²) in [5.74, 6) is 0.193. The van der Waals surface area contributed by atoms with Gasteiger partial charge in [-0.25, -0.2) is 8.78 Å². The summed E-state index contributed by atoms with van der Waals surface area (Å²) in [5.41, 5.74) is 0.695. The summed E-state index contributed by atoms with van der Waals surface area (Å²) in [4.78, 5) is 0. The number of benzene rings is 2. The average molecular weight is 347 g/mol. The third-order valence-electron chi connectivity index (χ3n) is 4.39. The molecular formula is C20H23F2NO2. The van der Waals surface area contributed by atoms with Crippen LogP contribution in [0.25, 0.3) is 0 Å². The van der Waals surface area contributed by atoms with Crippen molar-refractivity contribution in [3.05, 3.63) is 59.7 Å². The first-order valence-electron chi connectivity index (χ1n) is 8.69. The minimum Gasteiger partial charge on any atom is -0.457 e. The van der Waals surface area contributed by atoms with E-state index >= 15 is 0 Å². The third kappa shape index (κ3) is 5.00. The summed E-state index contributed by atoms with van der Waals surface area (Å²) in [6.07, 6.45) is 3.52. The summed E-state index contributed by atoms with van der Waals surface area (Å²) >= 11 is 0. The molecule has 3 rings (SSSR count). The number of nitrogens with one attached hydrogen (secondary N) is 1. The molecule has 25 heavy (non-hydrogen) atoms. The van der Waals surface area contributed by atoms with Crippen molar-refractivity contribution in [3.63, 3.8) is 0 Å². The zero-order chi connectivity index (χ0) is 17.6. The van der Waals surface area contributed by atoms with E-state index in [2.05, 4.69) is 5.32 Å². The van der Waals surface area contributed by atoms with Crippen LogP contribution in [0.15, 0.2) is 42.5 Å². The first-order valence-corrected chi connectivity index (χ1v) is 8.69. The summed E-state index contributed by atoms with van der Waals surface area (Å²) in [6, 6.07) is 10.2. The lowest BCUT2D eigenvalue weighted by Gasteiger charge is -2.25. The number of hydrogen-bond donors (Lipinski definition) is 1. The molecule has 5 heteroatoms. The lowest BCUT2D eigenvalue weighted by molar-refractivity contribution is 0.0156. The first kappa shape index (κ1) is 17.8. The van der Waals surface area contributed by atoms with Gasteiger partial charge in [0.15, 0.2) is 0 Å². The van der Waals surface area contributed by atoms with Crippen LogP contribution >= 0.6 is 0 Å². The predicted molar refractivity (Wildman–Crippen MR) is 92.9 cm³/mol. The van der Waals surface area contributed by atoms with E-state index in [9.17, 15) is 8.78 Å². The van der Waals surface area contributed by atoms with E-state index in [-0.39, 0.29) is 23.8 Å². The predicted octanol–water partition coefficient (Wildman–Crippen LogP) is 4.98. The van der Waals surface area contributed by atoms with Crippen molar-refractivity contribution < 1.29 is 18.3 Å². The van der Waals surface area contributed by atoms with Crippen LogP contribution in [-0.2, 0) is 4.74 Å².